The number of nitrogens with two attached hydrogens (primary N) is 1. The highest BCUT2D eigenvalue weighted by Crippen LogP contribution is 2.33. The van der Waals surface area contributed by atoms with Crippen LogP contribution in [-0.4, -0.2) is 33.2 Å². The van der Waals surface area contributed by atoms with Gasteiger partial charge in [-0.2, -0.15) is 5.10 Å². The van der Waals surface area contributed by atoms with E-state index in [4.69, 9.17) is 10.2 Å². The van der Waals surface area contributed by atoms with E-state index in [-0.39, 0.29) is 0 Å². The second-order valence-electron chi connectivity index (χ2n) is 5.81. The molecule has 3 aromatic rings. The molecule has 0 atom stereocenters. The maximum absolute atomic E-state index is 6.06. The summed E-state index contributed by atoms with van der Waals surface area (Å²) in [7, 11) is 0. The molecule has 0 saturated carbocycles. The van der Waals surface area contributed by atoms with E-state index in [2.05, 4.69) is 32.3 Å². The molecule has 4 N–H and O–H groups in total. The third-order valence-electron chi connectivity index (χ3n) is 4.46. The van der Waals surface area contributed by atoms with Crippen molar-refractivity contribution in [2.45, 2.75) is 26.4 Å². The first kappa shape index (κ1) is 14.1. The summed E-state index contributed by atoms with van der Waals surface area (Å²) in [6.45, 7) is 5.71. The van der Waals surface area contributed by atoms with Crippen molar-refractivity contribution in [1.82, 2.24) is 20.1 Å². The number of anilines is 2. The predicted molar refractivity (Wildman–Crippen MR) is 89.0 cm³/mol. The fourth-order valence-corrected chi connectivity index (χ4v) is 3.21. The third-order valence-corrected chi connectivity index (χ3v) is 4.46. The summed E-state index contributed by atoms with van der Waals surface area (Å²) >= 11 is 0. The fraction of sp³-hybridized carbons (Fsp3) is 0.375. The van der Waals surface area contributed by atoms with Gasteiger partial charge in [0.05, 0.1) is 18.2 Å². The molecule has 23 heavy (non-hydrogen) atoms. The Balaban J connectivity index is 1.76. The van der Waals surface area contributed by atoms with Crippen LogP contribution in [0.1, 0.15) is 23.8 Å². The largest absolute Gasteiger partial charge is 0.467 e. The Labute approximate surface area is 133 Å². The van der Waals surface area contributed by atoms with Crippen molar-refractivity contribution in [2.24, 2.45) is 0 Å². The molecule has 4 rings (SSSR count). The average Bonchev–Trinajstić information content (AvgIpc) is 3.22. The van der Waals surface area contributed by atoms with Gasteiger partial charge >= 0.3 is 0 Å². The number of hydrogen-bond donors (Lipinski definition) is 3. The topological polar surface area (TPSA) is 96.0 Å². The molecule has 0 aromatic carbocycles. The first-order valence-electron chi connectivity index (χ1n) is 7.90. The maximum atomic E-state index is 6.06. The van der Waals surface area contributed by atoms with Crippen LogP contribution in [0.15, 0.2) is 22.8 Å². The lowest BCUT2D eigenvalue weighted by atomic mass is 9.97. The summed E-state index contributed by atoms with van der Waals surface area (Å²) in [4.78, 5) is 7.08. The highest BCUT2D eigenvalue weighted by atomic mass is 16.3. The molecule has 0 amide bonds. The molecular weight excluding hydrogens is 292 g/mol. The van der Waals surface area contributed by atoms with Gasteiger partial charge < -0.3 is 15.5 Å². The minimum Gasteiger partial charge on any atom is -0.467 e. The molecule has 7 nitrogen and oxygen atoms in total. The van der Waals surface area contributed by atoms with Gasteiger partial charge in [-0.3, -0.25) is 10.00 Å². The normalized spacial score (nSPS) is 15.0. The third kappa shape index (κ3) is 2.43. The Kier molecular flexibility index (Phi) is 3.42. The van der Waals surface area contributed by atoms with E-state index in [1.54, 1.807) is 6.26 Å². The molecule has 120 valence electrons. The van der Waals surface area contributed by atoms with Gasteiger partial charge in [0.2, 0.25) is 0 Å². The van der Waals surface area contributed by atoms with Crippen molar-refractivity contribution < 1.29 is 4.42 Å². The van der Waals surface area contributed by atoms with E-state index in [0.717, 1.165) is 43.0 Å². The first-order chi connectivity index (χ1) is 11.3. The molecule has 1 aliphatic heterocycles. The summed E-state index contributed by atoms with van der Waals surface area (Å²) in [5, 5.41) is 11.5. The number of nitrogens with zero attached hydrogens (tertiary/aromatic N) is 3. The number of fused-ring (bicyclic) bond motifs is 3. The molecule has 0 radical (unpaired) electrons. The van der Waals surface area contributed by atoms with Gasteiger partial charge in [0.1, 0.15) is 17.4 Å². The number of nitrogen functional groups attached to an aromatic ring is 1. The van der Waals surface area contributed by atoms with Crippen molar-refractivity contribution >= 4 is 22.7 Å². The van der Waals surface area contributed by atoms with Crippen molar-refractivity contribution in [3.63, 3.8) is 0 Å². The number of furan rings is 1. The zero-order valence-corrected chi connectivity index (χ0v) is 13.1. The summed E-state index contributed by atoms with van der Waals surface area (Å²) in [5.74, 6) is 2.35. The lowest BCUT2D eigenvalue weighted by Gasteiger charge is -2.29. The zero-order chi connectivity index (χ0) is 15.8. The lowest BCUT2D eigenvalue weighted by molar-refractivity contribution is 0.269. The van der Waals surface area contributed by atoms with Crippen LogP contribution in [0.3, 0.4) is 0 Å². The molecule has 7 heteroatoms. The van der Waals surface area contributed by atoms with Crippen LogP contribution in [-0.2, 0) is 19.5 Å². The molecular formula is C16H20N6O. The highest BCUT2D eigenvalue weighted by molar-refractivity contribution is 5.92. The smallest absolute Gasteiger partial charge is 0.185 e. The number of H-pyrrole nitrogens is 1. The molecule has 0 bridgehead atoms. The molecule has 4 heterocycles. The summed E-state index contributed by atoms with van der Waals surface area (Å²) in [5.41, 5.74) is 9.21. The minimum absolute atomic E-state index is 0.601. The molecule has 0 saturated heterocycles. The number of aromatic amines is 1. The van der Waals surface area contributed by atoms with E-state index in [1.807, 2.05) is 12.1 Å². The van der Waals surface area contributed by atoms with Gasteiger partial charge in [-0.05, 0) is 30.7 Å². The van der Waals surface area contributed by atoms with Crippen molar-refractivity contribution in [1.29, 1.82) is 0 Å². The second-order valence-corrected chi connectivity index (χ2v) is 5.81. The van der Waals surface area contributed by atoms with E-state index < -0.39 is 0 Å². The lowest BCUT2D eigenvalue weighted by Crippen LogP contribution is -2.31. The van der Waals surface area contributed by atoms with Crippen molar-refractivity contribution in [3.8, 4) is 0 Å². The SMILES string of the molecule is CCN1CCc2c(c(NCc3ccco3)nc3n[nH]c(N)c23)C1. The minimum atomic E-state index is 0.601. The summed E-state index contributed by atoms with van der Waals surface area (Å²) in [6.07, 6.45) is 2.64. The van der Waals surface area contributed by atoms with Crippen LogP contribution in [0.4, 0.5) is 11.6 Å². The Bertz CT molecular complexity index is 823. The van der Waals surface area contributed by atoms with Crippen LogP contribution < -0.4 is 11.1 Å². The monoisotopic (exact) mass is 312 g/mol. The zero-order valence-electron chi connectivity index (χ0n) is 13.1. The second kappa shape index (κ2) is 5.58. The van der Waals surface area contributed by atoms with E-state index >= 15 is 0 Å². The van der Waals surface area contributed by atoms with E-state index in [9.17, 15) is 0 Å². The highest BCUT2D eigenvalue weighted by Gasteiger charge is 2.24. The van der Waals surface area contributed by atoms with Gasteiger partial charge in [0.15, 0.2) is 5.65 Å². The fourth-order valence-electron chi connectivity index (χ4n) is 3.21. The first-order valence-corrected chi connectivity index (χ1v) is 7.90. The number of likely N-dealkylation sites (N-methyl/N-ethyl adjacent to an activating group) is 1. The van der Waals surface area contributed by atoms with E-state index in [1.165, 1.54) is 11.1 Å². The van der Waals surface area contributed by atoms with Gasteiger partial charge in [0.25, 0.3) is 0 Å². The van der Waals surface area contributed by atoms with E-state index in [0.29, 0.717) is 18.0 Å². The van der Waals surface area contributed by atoms with Gasteiger partial charge in [-0.25, -0.2) is 4.98 Å². The standard InChI is InChI=1S/C16H20N6O/c1-2-22-6-5-11-12(9-22)15(18-8-10-4-3-7-23-10)19-16-13(11)14(17)20-21-16/h3-4,7H,2,5-6,8-9H2,1H3,(H4,17,18,19,20,21). The molecule has 0 aliphatic carbocycles. The van der Waals surface area contributed by atoms with Crippen LogP contribution >= 0.6 is 0 Å². The average molecular weight is 312 g/mol. The van der Waals surface area contributed by atoms with Crippen LogP contribution in [0.2, 0.25) is 0 Å². The number of pyridine rings is 1. The van der Waals surface area contributed by atoms with Crippen LogP contribution in [0.5, 0.6) is 0 Å². The number of rotatable bonds is 4. The van der Waals surface area contributed by atoms with Gasteiger partial charge in [-0.1, -0.05) is 6.92 Å². The number of hydrogen-bond acceptors (Lipinski definition) is 6. The van der Waals surface area contributed by atoms with Crippen LogP contribution in [0, 0.1) is 0 Å². The predicted octanol–water partition coefficient (Wildman–Crippen LogP) is 2.12. The Hall–Kier alpha value is -2.54. The molecule has 0 unspecified atom stereocenters. The molecule has 1 aliphatic rings. The summed E-state index contributed by atoms with van der Waals surface area (Å²) < 4.78 is 5.39. The molecule has 3 aromatic heterocycles. The Morgan fingerprint density at radius 1 is 1.43 bits per heavy atom. The molecule has 0 spiro atoms. The summed E-state index contributed by atoms with van der Waals surface area (Å²) in [6, 6.07) is 3.83. The quantitative estimate of drug-likeness (QED) is 0.683. The Morgan fingerprint density at radius 3 is 3.13 bits per heavy atom. The van der Waals surface area contributed by atoms with Crippen LogP contribution in [0.25, 0.3) is 11.0 Å². The molecule has 0 fully saturated rings. The van der Waals surface area contributed by atoms with Gasteiger partial charge in [0, 0.05) is 18.7 Å². The van der Waals surface area contributed by atoms with Gasteiger partial charge in [-0.15, -0.1) is 0 Å². The number of aromatic nitrogens is 3. The van der Waals surface area contributed by atoms with Crippen molar-refractivity contribution in [2.75, 3.05) is 24.1 Å². The number of nitrogens with one attached hydrogen (secondary N) is 2. The maximum Gasteiger partial charge on any atom is 0.185 e. The van der Waals surface area contributed by atoms with Crippen molar-refractivity contribution in [3.05, 3.63) is 35.3 Å². The Morgan fingerprint density at radius 2 is 2.35 bits per heavy atom.